The molecule has 0 bridgehead atoms. The first-order chi connectivity index (χ1) is 12.6. The number of carbonyl (C=O) groups excluding carboxylic acids is 1. The van der Waals surface area contributed by atoms with E-state index in [0.29, 0.717) is 6.07 Å². The number of carbonyl (C=O) groups is 1. The van der Waals surface area contributed by atoms with Crippen LogP contribution in [-0.4, -0.2) is 32.4 Å². The summed E-state index contributed by atoms with van der Waals surface area (Å²) in [5.74, 6) is -3.33. The van der Waals surface area contributed by atoms with Crippen molar-refractivity contribution in [1.82, 2.24) is 0 Å². The molecule has 0 fully saturated rings. The van der Waals surface area contributed by atoms with E-state index >= 15 is 0 Å². The van der Waals surface area contributed by atoms with Crippen LogP contribution in [0.15, 0.2) is 36.4 Å². The predicted octanol–water partition coefficient (Wildman–Crippen LogP) is 2.73. The van der Waals surface area contributed by atoms with Crippen LogP contribution in [0.5, 0.6) is 11.5 Å². The van der Waals surface area contributed by atoms with E-state index < -0.39 is 33.7 Å². The molecule has 0 aliphatic carbocycles. The van der Waals surface area contributed by atoms with E-state index in [0.717, 1.165) is 24.5 Å². The predicted molar refractivity (Wildman–Crippen MR) is 92.9 cm³/mol. The molecule has 0 aliphatic heterocycles. The highest BCUT2D eigenvalue weighted by molar-refractivity contribution is 7.92. The number of sulfonamides is 1. The minimum atomic E-state index is -3.70. The Labute approximate surface area is 154 Å². The van der Waals surface area contributed by atoms with Gasteiger partial charge < -0.3 is 14.6 Å². The van der Waals surface area contributed by atoms with E-state index in [1.165, 1.54) is 12.1 Å². The van der Waals surface area contributed by atoms with Crippen LogP contribution in [0.3, 0.4) is 0 Å². The van der Waals surface area contributed by atoms with Crippen LogP contribution < -0.4 is 9.46 Å². The fourth-order valence-electron chi connectivity index (χ4n) is 2.11. The summed E-state index contributed by atoms with van der Waals surface area (Å²) >= 11 is 0. The summed E-state index contributed by atoms with van der Waals surface area (Å²) in [6, 6.07) is 6.23. The summed E-state index contributed by atoms with van der Waals surface area (Å²) in [5.41, 5.74) is -0.0361. The molecule has 0 saturated heterocycles. The molecule has 0 aliphatic rings. The lowest BCUT2D eigenvalue weighted by Crippen LogP contribution is -2.16. The average Bonchev–Trinajstić information content (AvgIpc) is 2.57. The molecule has 146 valence electrons. The van der Waals surface area contributed by atoms with Gasteiger partial charge in [-0.05, 0) is 36.8 Å². The van der Waals surface area contributed by atoms with Gasteiger partial charge in [0.2, 0.25) is 10.0 Å². The van der Waals surface area contributed by atoms with Crippen molar-refractivity contribution in [2.45, 2.75) is 13.0 Å². The van der Waals surface area contributed by atoms with Crippen LogP contribution in [0.4, 0.5) is 14.5 Å². The van der Waals surface area contributed by atoms with Gasteiger partial charge in [0, 0.05) is 6.07 Å². The number of hydrogen-bond donors (Lipinski definition) is 2. The number of esters is 1. The monoisotopic (exact) mass is 401 g/mol. The van der Waals surface area contributed by atoms with Gasteiger partial charge in [0.05, 0.1) is 18.6 Å². The number of aliphatic hydroxyl groups is 1. The lowest BCUT2D eigenvalue weighted by Gasteiger charge is -2.16. The van der Waals surface area contributed by atoms with Gasteiger partial charge in [-0.2, -0.15) is 0 Å². The van der Waals surface area contributed by atoms with Gasteiger partial charge in [0.25, 0.3) is 0 Å². The number of halogens is 2. The van der Waals surface area contributed by atoms with E-state index in [1.807, 2.05) is 0 Å². The molecule has 10 heteroatoms. The summed E-state index contributed by atoms with van der Waals surface area (Å²) in [6.45, 7) is 1.61. The molecule has 0 saturated carbocycles. The molecule has 2 aromatic rings. The molecule has 0 unspecified atom stereocenters. The largest absolute Gasteiger partial charge is 0.464 e. The molecule has 0 radical (unpaired) electrons. The lowest BCUT2D eigenvalue weighted by atomic mass is 10.1. The molecule has 0 aromatic heterocycles. The summed E-state index contributed by atoms with van der Waals surface area (Å²) in [4.78, 5) is 11.7. The van der Waals surface area contributed by atoms with Crippen LogP contribution in [-0.2, 0) is 19.6 Å². The molecule has 27 heavy (non-hydrogen) atoms. The zero-order valence-corrected chi connectivity index (χ0v) is 15.2. The molecule has 0 amide bonds. The zero-order valence-electron chi connectivity index (χ0n) is 14.4. The summed E-state index contributed by atoms with van der Waals surface area (Å²) in [5, 5.41) is 10.0. The summed E-state index contributed by atoms with van der Waals surface area (Å²) in [6.07, 6.45) is -0.756. The highest BCUT2D eigenvalue weighted by Gasteiger charge is 2.21. The Balaban J connectivity index is 2.45. The minimum absolute atomic E-state index is 0.0324. The third kappa shape index (κ3) is 5.63. The van der Waals surface area contributed by atoms with Crippen LogP contribution in [0.2, 0.25) is 0 Å². The van der Waals surface area contributed by atoms with Gasteiger partial charge in [0.1, 0.15) is 5.82 Å². The lowest BCUT2D eigenvalue weighted by molar-refractivity contribution is -0.153. The van der Waals surface area contributed by atoms with E-state index in [2.05, 4.69) is 4.72 Å². The molecule has 2 aromatic carbocycles. The van der Waals surface area contributed by atoms with Crippen molar-refractivity contribution >= 4 is 21.7 Å². The van der Waals surface area contributed by atoms with Crippen LogP contribution >= 0.6 is 0 Å². The van der Waals surface area contributed by atoms with Gasteiger partial charge in [-0.1, -0.05) is 6.07 Å². The first-order valence-electron chi connectivity index (χ1n) is 7.70. The number of hydrogen-bond acceptors (Lipinski definition) is 6. The molecule has 1 atom stereocenters. The molecule has 0 spiro atoms. The van der Waals surface area contributed by atoms with Crippen LogP contribution in [0, 0.1) is 11.6 Å². The fourth-order valence-corrected chi connectivity index (χ4v) is 2.68. The maximum atomic E-state index is 13.9. The van der Waals surface area contributed by atoms with E-state index in [9.17, 15) is 27.1 Å². The van der Waals surface area contributed by atoms with Crippen molar-refractivity contribution < 1.29 is 36.6 Å². The third-order valence-electron chi connectivity index (χ3n) is 3.24. The highest BCUT2D eigenvalue weighted by atomic mass is 32.2. The number of aliphatic hydroxyl groups excluding tert-OH is 1. The van der Waals surface area contributed by atoms with Crippen LogP contribution in [0.25, 0.3) is 0 Å². The first-order valence-corrected chi connectivity index (χ1v) is 9.59. The highest BCUT2D eigenvalue weighted by Crippen LogP contribution is 2.34. The average molecular weight is 401 g/mol. The topological polar surface area (TPSA) is 102 Å². The standard InChI is InChI=1S/C17H17F2NO6S/c1-3-25-17(22)16(21)10-4-6-13(20-27(2,23)24)15(8-10)26-14-7-5-11(18)9-12(14)19/h4-9,16,20-21H,3H2,1-2H3/t16-/m0/s1. The summed E-state index contributed by atoms with van der Waals surface area (Å²) < 4.78 is 62.2. The van der Waals surface area contributed by atoms with Crippen molar-refractivity contribution in [3.63, 3.8) is 0 Å². The molecular formula is C17H17F2NO6S. The van der Waals surface area contributed by atoms with E-state index in [-0.39, 0.29) is 29.4 Å². The second kappa shape index (κ2) is 8.31. The van der Waals surface area contributed by atoms with Crippen molar-refractivity contribution in [3.8, 4) is 11.5 Å². The number of ether oxygens (including phenoxy) is 2. The smallest absolute Gasteiger partial charge is 0.339 e. The molecular weight excluding hydrogens is 384 g/mol. The van der Waals surface area contributed by atoms with Crippen molar-refractivity contribution in [2.75, 3.05) is 17.6 Å². The Kier molecular flexibility index (Phi) is 6.34. The number of nitrogens with one attached hydrogen (secondary N) is 1. The van der Waals surface area contributed by atoms with E-state index in [4.69, 9.17) is 9.47 Å². The van der Waals surface area contributed by atoms with Crippen molar-refractivity contribution in [2.24, 2.45) is 0 Å². The Morgan fingerprint density at radius 3 is 2.48 bits per heavy atom. The molecule has 0 heterocycles. The molecule has 7 nitrogen and oxygen atoms in total. The normalized spacial score (nSPS) is 12.3. The zero-order chi connectivity index (χ0) is 20.2. The Bertz CT molecular complexity index is 948. The van der Waals surface area contributed by atoms with Gasteiger partial charge >= 0.3 is 5.97 Å². The third-order valence-corrected chi connectivity index (χ3v) is 3.83. The Morgan fingerprint density at radius 2 is 1.89 bits per heavy atom. The van der Waals surface area contributed by atoms with Gasteiger partial charge in [0.15, 0.2) is 23.4 Å². The van der Waals surface area contributed by atoms with E-state index in [1.54, 1.807) is 6.92 Å². The minimum Gasteiger partial charge on any atom is -0.464 e. The quantitative estimate of drug-likeness (QED) is 0.692. The SMILES string of the molecule is CCOC(=O)[C@@H](O)c1ccc(NS(C)(=O)=O)c(Oc2ccc(F)cc2F)c1. The number of benzene rings is 2. The molecule has 2 rings (SSSR count). The van der Waals surface area contributed by atoms with Gasteiger partial charge in [-0.3, -0.25) is 4.72 Å². The summed E-state index contributed by atoms with van der Waals surface area (Å²) in [7, 11) is -3.70. The second-order valence-corrected chi connectivity index (χ2v) is 7.21. The van der Waals surface area contributed by atoms with Gasteiger partial charge in [-0.25, -0.2) is 22.0 Å². The first kappa shape index (κ1) is 20.6. The number of rotatable bonds is 7. The van der Waals surface area contributed by atoms with Gasteiger partial charge in [-0.15, -0.1) is 0 Å². The number of anilines is 1. The Morgan fingerprint density at radius 1 is 1.19 bits per heavy atom. The molecule has 2 N–H and O–H groups in total. The van der Waals surface area contributed by atoms with Crippen LogP contribution in [0.1, 0.15) is 18.6 Å². The maximum absolute atomic E-state index is 13.9. The van der Waals surface area contributed by atoms with Crippen molar-refractivity contribution in [1.29, 1.82) is 0 Å². The second-order valence-electron chi connectivity index (χ2n) is 5.46. The van der Waals surface area contributed by atoms with Crippen molar-refractivity contribution in [3.05, 3.63) is 53.6 Å². The fraction of sp³-hybridized carbons (Fsp3) is 0.235. The maximum Gasteiger partial charge on any atom is 0.339 e. The Hall–Kier alpha value is -2.72.